The highest BCUT2D eigenvalue weighted by Crippen LogP contribution is 2.54. The van der Waals surface area contributed by atoms with Crippen LogP contribution in [0.2, 0.25) is 0 Å². The molecule has 1 amide bonds. The second-order valence-corrected chi connectivity index (χ2v) is 6.03. The highest BCUT2D eigenvalue weighted by molar-refractivity contribution is 5.93. The van der Waals surface area contributed by atoms with Crippen molar-refractivity contribution >= 4 is 5.91 Å². The maximum Gasteiger partial charge on any atom is 0.276 e. The van der Waals surface area contributed by atoms with Crippen LogP contribution in [0, 0.1) is 5.92 Å². The average Bonchev–Trinajstić information content (AvgIpc) is 3.04. The van der Waals surface area contributed by atoms with Crippen molar-refractivity contribution in [2.75, 3.05) is 6.54 Å². The number of amides is 1. The van der Waals surface area contributed by atoms with E-state index in [0.717, 1.165) is 13.0 Å². The Kier molecular flexibility index (Phi) is 2.84. The van der Waals surface area contributed by atoms with Crippen molar-refractivity contribution in [3.05, 3.63) is 53.9 Å². The highest BCUT2D eigenvalue weighted by Gasteiger charge is 2.57. The van der Waals surface area contributed by atoms with Crippen LogP contribution in [0.25, 0.3) is 0 Å². The third-order valence-corrected chi connectivity index (χ3v) is 5.10. The number of aromatic nitrogens is 1. The van der Waals surface area contributed by atoms with Crippen molar-refractivity contribution in [2.24, 2.45) is 5.92 Å². The van der Waals surface area contributed by atoms with E-state index in [4.69, 9.17) is 4.52 Å². The summed E-state index contributed by atoms with van der Waals surface area (Å²) >= 11 is 0. The summed E-state index contributed by atoms with van der Waals surface area (Å²) in [6.45, 7) is 0.834. The molecule has 108 valence electrons. The van der Waals surface area contributed by atoms with Crippen molar-refractivity contribution in [1.29, 1.82) is 0 Å². The maximum atomic E-state index is 12.7. The SMILES string of the molecule is O=C(c1ccon1)N1CC2CCCCC21c1ccccc1. The summed E-state index contributed by atoms with van der Waals surface area (Å²) in [5.41, 5.74) is 1.54. The van der Waals surface area contributed by atoms with Crippen molar-refractivity contribution in [3.8, 4) is 0 Å². The number of fused-ring (bicyclic) bond motifs is 1. The van der Waals surface area contributed by atoms with E-state index in [1.807, 2.05) is 11.0 Å². The molecule has 0 spiro atoms. The first-order valence-electron chi connectivity index (χ1n) is 7.60. The molecule has 1 aliphatic carbocycles. The lowest BCUT2D eigenvalue weighted by Gasteiger charge is -2.61. The van der Waals surface area contributed by atoms with Gasteiger partial charge in [-0.25, -0.2) is 0 Å². The first-order valence-corrected chi connectivity index (χ1v) is 7.60. The first-order chi connectivity index (χ1) is 10.3. The van der Waals surface area contributed by atoms with E-state index in [2.05, 4.69) is 29.4 Å². The third kappa shape index (κ3) is 1.75. The minimum atomic E-state index is -0.129. The van der Waals surface area contributed by atoms with Crippen LogP contribution in [-0.4, -0.2) is 22.5 Å². The standard InChI is InChI=1S/C17H18N2O2/c20-16(15-9-11-21-18-15)19-12-14-8-4-5-10-17(14,19)13-6-2-1-3-7-13/h1-3,6-7,9,11,14H,4-5,8,10,12H2. The van der Waals surface area contributed by atoms with Crippen LogP contribution in [0.3, 0.4) is 0 Å². The third-order valence-electron chi connectivity index (χ3n) is 5.10. The molecule has 2 aromatic rings. The van der Waals surface area contributed by atoms with Crippen LogP contribution in [0.15, 0.2) is 47.2 Å². The number of carbonyl (C=O) groups excluding carboxylic acids is 1. The van der Waals surface area contributed by atoms with Crippen molar-refractivity contribution in [2.45, 2.75) is 31.2 Å². The molecular weight excluding hydrogens is 264 g/mol. The van der Waals surface area contributed by atoms with Crippen LogP contribution in [0.5, 0.6) is 0 Å². The Morgan fingerprint density at radius 1 is 1.24 bits per heavy atom. The zero-order valence-electron chi connectivity index (χ0n) is 11.9. The van der Waals surface area contributed by atoms with Crippen molar-refractivity contribution in [3.63, 3.8) is 0 Å². The summed E-state index contributed by atoms with van der Waals surface area (Å²) in [5, 5.41) is 3.82. The zero-order valence-corrected chi connectivity index (χ0v) is 11.9. The summed E-state index contributed by atoms with van der Waals surface area (Å²) in [7, 11) is 0. The normalized spacial score (nSPS) is 27.8. The summed E-state index contributed by atoms with van der Waals surface area (Å²) in [6, 6.07) is 12.1. The second kappa shape index (κ2) is 4.72. The van der Waals surface area contributed by atoms with Gasteiger partial charge in [-0.3, -0.25) is 4.79 Å². The molecule has 1 saturated heterocycles. The number of rotatable bonds is 2. The summed E-state index contributed by atoms with van der Waals surface area (Å²) in [6.07, 6.45) is 6.16. The molecule has 1 aromatic carbocycles. The molecule has 21 heavy (non-hydrogen) atoms. The van der Waals surface area contributed by atoms with Crippen LogP contribution in [0.1, 0.15) is 41.7 Å². The zero-order chi connectivity index (χ0) is 14.3. The Morgan fingerprint density at radius 2 is 2.10 bits per heavy atom. The number of carbonyl (C=O) groups is 1. The van der Waals surface area contributed by atoms with Crippen molar-refractivity contribution in [1.82, 2.24) is 10.1 Å². The predicted octanol–water partition coefficient (Wildman–Crippen LogP) is 3.22. The monoisotopic (exact) mass is 282 g/mol. The molecule has 2 aliphatic rings. The molecule has 4 nitrogen and oxygen atoms in total. The Labute approximate surface area is 123 Å². The van der Waals surface area contributed by atoms with Crippen molar-refractivity contribution < 1.29 is 9.32 Å². The van der Waals surface area contributed by atoms with Gasteiger partial charge in [0.25, 0.3) is 5.91 Å². The van der Waals surface area contributed by atoms with Gasteiger partial charge < -0.3 is 9.42 Å². The fraction of sp³-hybridized carbons (Fsp3) is 0.412. The van der Waals surface area contributed by atoms with Gasteiger partial charge in [0, 0.05) is 18.5 Å². The summed E-state index contributed by atoms with van der Waals surface area (Å²) in [4.78, 5) is 14.7. The lowest BCUT2D eigenvalue weighted by Crippen LogP contribution is -2.67. The number of benzene rings is 1. The minimum Gasteiger partial charge on any atom is -0.364 e. The van der Waals surface area contributed by atoms with E-state index in [1.165, 1.54) is 31.1 Å². The van der Waals surface area contributed by atoms with E-state index in [-0.39, 0.29) is 11.4 Å². The summed E-state index contributed by atoms with van der Waals surface area (Å²) in [5.74, 6) is 0.565. The fourth-order valence-corrected chi connectivity index (χ4v) is 4.08. The van der Waals surface area contributed by atoms with Gasteiger partial charge in [-0.1, -0.05) is 48.3 Å². The lowest BCUT2D eigenvalue weighted by molar-refractivity contribution is -0.0873. The van der Waals surface area contributed by atoms with Crippen LogP contribution >= 0.6 is 0 Å². The van der Waals surface area contributed by atoms with Crippen LogP contribution in [-0.2, 0) is 5.54 Å². The average molecular weight is 282 g/mol. The Hall–Kier alpha value is -2.10. The molecule has 4 heteroatoms. The van der Waals surface area contributed by atoms with E-state index >= 15 is 0 Å². The molecule has 2 unspecified atom stereocenters. The molecule has 0 radical (unpaired) electrons. The fourth-order valence-electron chi connectivity index (χ4n) is 4.08. The van der Waals surface area contributed by atoms with Gasteiger partial charge in [0.2, 0.25) is 0 Å². The van der Waals surface area contributed by atoms with E-state index in [9.17, 15) is 4.79 Å². The topological polar surface area (TPSA) is 46.3 Å². The Balaban J connectivity index is 1.74. The van der Waals surface area contributed by atoms with Gasteiger partial charge in [0.05, 0.1) is 5.54 Å². The number of hydrogen-bond acceptors (Lipinski definition) is 3. The molecule has 2 atom stereocenters. The second-order valence-electron chi connectivity index (χ2n) is 6.03. The largest absolute Gasteiger partial charge is 0.364 e. The lowest BCUT2D eigenvalue weighted by atomic mass is 9.61. The molecule has 1 aromatic heterocycles. The predicted molar refractivity (Wildman–Crippen MR) is 77.6 cm³/mol. The number of likely N-dealkylation sites (tertiary alicyclic amines) is 1. The summed E-state index contributed by atoms with van der Waals surface area (Å²) < 4.78 is 4.83. The molecule has 4 rings (SSSR count). The molecule has 2 heterocycles. The van der Waals surface area contributed by atoms with Gasteiger partial charge in [-0.05, 0) is 18.4 Å². The molecule has 0 N–H and O–H groups in total. The first kappa shape index (κ1) is 12.6. The molecule has 1 saturated carbocycles. The van der Waals surface area contributed by atoms with Gasteiger partial charge in [0.15, 0.2) is 5.69 Å². The molecular formula is C17H18N2O2. The molecule has 0 bridgehead atoms. The quantitative estimate of drug-likeness (QED) is 0.849. The minimum absolute atomic E-state index is 0.00856. The van der Waals surface area contributed by atoms with Gasteiger partial charge in [-0.15, -0.1) is 0 Å². The van der Waals surface area contributed by atoms with E-state index < -0.39 is 0 Å². The van der Waals surface area contributed by atoms with Gasteiger partial charge in [-0.2, -0.15) is 0 Å². The Bertz CT molecular complexity index is 638. The molecule has 2 fully saturated rings. The molecule has 1 aliphatic heterocycles. The van der Waals surface area contributed by atoms with Gasteiger partial charge >= 0.3 is 0 Å². The highest BCUT2D eigenvalue weighted by atomic mass is 16.5. The van der Waals surface area contributed by atoms with E-state index in [1.54, 1.807) is 6.07 Å². The van der Waals surface area contributed by atoms with Crippen LogP contribution < -0.4 is 0 Å². The Morgan fingerprint density at radius 3 is 2.81 bits per heavy atom. The number of nitrogens with zero attached hydrogens (tertiary/aromatic N) is 2. The van der Waals surface area contributed by atoms with E-state index in [0.29, 0.717) is 11.6 Å². The van der Waals surface area contributed by atoms with Crippen LogP contribution in [0.4, 0.5) is 0 Å². The number of hydrogen-bond donors (Lipinski definition) is 0. The maximum absolute atomic E-state index is 12.7. The smallest absolute Gasteiger partial charge is 0.276 e. The van der Waals surface area contributed by atoms with Gasteiger partial charge in [0.1, 0.15) is 6.26 Å².